The molecular formula is C26H23N3O3. The zero-order valence-electron chi connectivity index (χ0n) is 17.8. The Morgan fingerprint density at radius 3 is 2.50 bits per heavy atom. The van der Waals surface area contributed by atoms with Crippen LogP contribution in [0.25, 0.3) is 22.3 Å². The average molecular weight is 425 g/mol. The van der Waals surface area contributed by atoms with Gasteiger partial charge in [0.1, 0.15) is 11.6 Å². The van der Waals surface area contributed by atoms with Gasteiger partial charge in [-0.2, -0.15) is 0 Å². The number of para-hydroxylation sites is 1. The Kier molecular flexibility index (Phi) is 5.19. The van der Waals surface area contributed by atoms with Gasteiger partial charge in [0, 0.05) is 24.2 Å². The predicted molar refractivity (Wildman–Crippen MR) is 126 cm³/mol. The number of anilines is 2. The van der Waals surface area contributed by atoms with Crippen LogP contribution in [0.1, 0.15) is 28.8 Å². The molecule has 0 radical (unpaired) electrons. The lowest BCUT2D eigenvalue weighted by Crippen LogP contribution is -2.18. The summed E-state index contributed by atoms with van der Waals surface area (Å²) >= 11 is 0. The molecule has 3 heterocycles. The van der Waals surface area contributed by atoms with E-state index in [1.807, 2.05) is 36.4 Å². The number of nitrogens with zero attached hydrogens (tertiary/aromatic N) is 2. The van der Waals surface area contributed by atoms with Crippen LogP contribution in [0.15, 0.2) is 76.1 Å². The first kappa shape index (κ1) is 20.0. The second kappa shape index (κ2) is 8.30. The molecule has 0 atom stereocenters. The molecule has 32 heavy (non-hydrogen) atoms. The number of nitrogens with one attached hydrogen (secondary N) is 1. The fourth-order valence-corrected chi connectivity index (χ4v) is 4.16. The molecule has 5 rings (SSSR count). The molecule has 1 amide bonds. The van der Waals surface area contributed by atoms with Crippen LogP contribution in [0.4, 0.5) is 11.5 Å². The van der Waals surface area contributed by atoms with Gasteiger partial charge in [-0.25, -0.2) is 4.98 Å². The van der Waals surface area contributed by atoms with Crippen molar-refractivity contribution in [2.24, 2.45) is 0 Å². The van der Waals surface area contributed by atoms with E-state index in [-0.39, 0.29) is 16.9 Å². The number of fused-ring (bicyclic) bond motifs is 1. The first-order valence-corrected chi connectivity index (χ1v) is 10.8. The molecule has 0 unspecified atom stereocenters. The Hall–Kier alpha value is -3.93. The highest BCUT2D eigenvalue weighted by molar-refractivity contribution is 6.11. The minimum absolute atomic E-state index is 0.146. The van der Waals surface area contributed by atoms with Crippen molar-refractivity contribution in [3.63, 3.8) is 0 Å². The van der Waals surface area contributed by atoms with Gasteiger partial charge in [-0.3, -0.25) is 9.59 Å². The summed E-state index contributed by atoms with van der Waals surface area (Å²) in [5, 5.41) is 3.21. The van der Waals surface area contributed by atoms with Crippen molar-refractivity contribution < 1.29 is 9.21 Å². The quantitative estimate of drug-likeness (QED) is 0.497. The number of pyridine rings is 1. The Labute approximate surface area is 185 Å². The monoisotopic (exact) mass is 425 g/mol. The van der Waals surface area contributed by atoms with Gasteiger partial charge in [0.25, 0.3) is 5.91 Å². The summed E-state index contributed by atoms with van der Waals surface area (Å²) < 4.78 is 6.15. The molecule has 1 N–H and O–H groups in total. The van der Waals surface area contributed by atoms with Crippen LogP contribution in [-0.4, -0.2) is 24.0 Å². The number of hydrogen-bond acceptors (Lipinski definition) is 5. The van der Waals surface area contributed by atoms with Crippen molar-refractivity contribution in [3.8, 4) is 11.3 Å². The Morgan fingerprint density at radius 1 is 1.00 bits per heavy atom. The number of carbonyl (C=O) groups excluding carboxylic acids is 1. The van der Waals surface area contributed by atoms with Crippen molar-refractivity contribution in [1.82, 2.24) is 4.98 Å². The summed E-state index contributed by atoms with van der Waals surface area (Å²) in [6.07, 6.45) is 4.16. The molecular weight excluding hydrogens is 402 g/mol. The second-order valence-electron chi connectivity index (χ2n) is 7.98. The maximum atomic E-state index is 13.1. The van der Waals surface area contributed by atoms with Crippen LogP contribution in [0, 0.1) is 6.92 Å². The number of hydrogen-bond donors (Lipinski definition) is 1. The summed E-state index contributed by atoms with van der Waals surface area (Å²) in [6.45, 7) is 3.81. The molecule has 1 aliphatic rings. The lowest BCUT2D eigenvalue weighted by molar-refractivity contribution is 0.102. The number of benzene rings is 2. The van der Waals surface area contributed by atoms with E-state index in [9.17, 15) is 9.59 Å². The number of amides is 1. The third-order valence-corrected chi connectivity index (χ3v) is 5.89. The van der Waals surface area contributed by atoms with Crippen LogP contribution < -0.4 is 15.6 Å². The standard InChI is InChI=1S/C26H23N3O3/c1-17-23(30)20-10-7-11-21(25(20)32-24(17)18-8-3-2-4-9-18)26(31)28-22-13-12-19(16-27-22)29-14-5-6-15-29/h2-4,7-13,16H,5-6,14-15H2,1H3,(H,27,28,31). The highest BCUT2D eigenvalue weighted by atomic mass is 16.3. The maximum Gasteiger partial charge on any atom is 0.260 e. The van der Waals surface area contributed by atoms with Gasteiger partial charge in [-0.15, -0.1) is 0 Å². The smallest absolute Gasteiger partial charge is 0.260 e. The summed E-state index contributed by atoms with van der Waals surface area (Å²) in [6, 6.07) is 18.2. The molecule has 1 fully saturated rings. The van der Waals surface area contributed by atoms with Crippen LogP contribution in [0.5, 0.6) is 0 Å². The van der Waals surface area contributed by atoms with Gasteiger partial charge >= 0.3 is 0 Å². The third kappa shape index (κ3) is 3.64. The van der Waals surface area contributed by atoms with E-state index in [1.165, 1.54) is 12.8 Å². The third-order valence-electron chi connectivity index (χ3n) is 5.89. The number of aromatic nitrogens is 1. The van der Waals surface area contributed by atoms with E-state index in [0.717, 1.165) is 24.3 Å². The highest BCUT2D eigenvalue weighted by Crippen LogP contribution is 2.28. The zero-order valence-corrected chi connectivity index (χ0v) is 17.8. The molecule has 0 aliphatic carbocycles. The van der Waals surface area contributed by atoms with E-state index < -0.39 is 0 Å². The van der Waals surface area contributed by atoms with Crippen molar-refractivity contribution in [2.75, 3.05) is 23.3 Å². The van der Waals surface area contributed by atoms with E-state index in [1.54, 1.807) is 37.4 Å². The summed E-state index contributed by atoms with van der Waals surface area (Å²) in [5.41, 5.74) is 2.78. The largest absolute Gasteiger partial charge is 0.455 e. The number of rotatable bonds is 4. The van der Waals surface area contributed by atoms with Gasteiger partial charge < -0.3 is 14.6 Å². The molecule has 1 saturated heterocycles. The lowest BCUT2D eigenvalue weighted by atomic mass is 10.0. The minimum Gasteiger partial charge on any atom is -0.455 e. The molecule has 6 heteroatoms. The second-order valence-corrected chi connectivity index (χ2v) is 7.98. The SMILES string of the molecule is Cc1c(-c2ccccc2)oc2c(C(=O)Nc3ccc(N4CCCC4)cn3)cccc2c1=O. The maximum absolute atomic E-state index is 13.1. The molecule has 0 saturated carbocycles. The Bertz CT molecular complexity index is 1340. The zero-order chi connectivity index (χ0) is 22.1. The average Bonchev–Trinajstić information content (AvgIpc) is 3.37. The first-order valence-electron chi connectivity index (χ1n) is 10.8. The van der Waals surface area contributed by atoms with E-state index >= 15 is 0 Å². The van der Waals surface area contributed by atoms with Gasteiger partial charge in [0.2, 0.25) is 0 Å². The van der Waals surface area contributed by atoms with Gasteiger partial charge in [0.15, 0.2) is 11.0 Å². The molecule has 160 valence electrons. The molecule has 0 spiro atoms. The normalized spacial score (nSPS) is 13.5. The highest BCUT2D eigenvalue weighted by Gasteiger charge is 2.19. The minimum atomic E-state index is -0.372. The Morgan fingerprint density at radius 2 is 1.78 bits per heavy atom. The Balaban J connectivity index is 1.50. The van der Waals surface area contributed by atoms with Crippen LogP contribution in [0.2, 0.25) is 0 Å². The molecule has 2 aromatic heterocycles. The van der Waals surface area contributed by atoms with Crippen molar-refractivity contribution in [2.45, 2.75) is 19.8 Å². The molecule has 1 aliphatic heterocycles. The molecule has 2 aromatic carbocycles. The fraction of sp³-hybridized carbons (Fsp3) is 0.192. The van der Waals surface area contributed by atoms with Crippen LogP contribution in [0.3, 0.4) is 0 Å². The van der Waals surface area contributed by atoms with Crippen molar-refractivity contribution in [3.05, 3.63) is 88.2 Å². The van der Waals surface area contributed by atoms with Gasteiger partial charge in [-0.1, -0.05) is 36.4 Å². The number of carbonyl (C=O) groups is 1. The summed E-state index contributed by atoms with van der Waals surface area (Å²) in [7, 11) is 0. The van der Waals surface area contributed by atoms with Gasteiger partial charge in [-0.05, 0) is 44.0 Å². The summed E-state index contributed by atoms with van der Waals surface area (Å²) in [4.78, 5) is 32.8. The molecule has 0 bridgehead atoms. The van der Waals surface area contributed by atoms with E-state index in [4.69, 9.17) is 4.42 Å². The topological polar surface area (TPSA) is 75.4 Å². The molecule has 6 nitrogen and oxygen atoms in total. The van der Waals surface area contributed by atoms with Crippen molar-refractivity contribution in [1.29, 1.82) is 0 Å². The lowest BCUT2D eigenvalue weighted by Gasteiger charge is -2.17. The summed E-state index contributed by atoms with van der Waals surface area (Å²) in [5.74, 6) is 0.548. The van der Waals surface area contributed by atoms with E-state index in [2.05, 4.69) is 15.2 Å². The van der Waals surface area contributed by atoms with Crippen LogP contribution >= 0.6 is 0 Å². The fourth-order valence-electron chi connectivity index (χ4n) is 4.16. The predicted octanol–water partition coefficient (Wildman–Crippen LogP) is 5.02. The first-order chi connectivity index (χ1) is 15.6. The molecule has 4 aromatic rings. The van der Waals surface area contributed by atoms with Crippen molar-refractivity contribution >= 4 is 28.4 Å². The van der Waals surface area contributed by atoms with Gasteiger partial charge in [0.05, 0.1) is 22.8 Å². The van der Waals surface area contributed by atoms with E-state index in [0.29, 0.717) is 28.1 Å². The van der Waals surface area contributed by atoms with Crippen LogP contribution in [-0.2, 0) is 0 Å².